The summed E-state index contributed by atoms with van der Waals surface area (Å²) >= 11 is 0. The molecule has 0 radical (unpaired) electrons. The van der Waals surface area contributed by atoms with Crippen molar-refractivity contribution < 1.29 is 22.3 Å². The Bertz CT molecular complexity index is 1370. The lowest BCUT2D eigenvalue weighted by atomic mass is 10.0. The summed E-state index contributed by atoms with van der Waals surface area (Å²) in [5.41, 5.74) is 1.20. The zero-order valence-corrected chi connectivity index (χ0v) is 21.7. The maximum absolute atomic E-state index is 13.8. The Kier molecular flexibility index (Phi) is 8.57. The van der Waals surface area contributed by atoms with Gasteiger partial charge in [-0.3, -0.25) is 4.79 Å². The molecule has 1 aliphatic rings. The summed E-state index contributed by atoms with van der Waals surface area (Å²) in [4.78, 5) is 15.4. The molecule has 0 aliphatic carbocycles. The van der Waals surface area contributed by atoms with Gasteiger partial charge in [-0.05, 0) is 37.1 Å². The van der Waals surface area contributed by atoms with E-state index in [1.807, 2.05) is 42.2 Å². The molecule has 0 unspecified atom stereocenters. The van der Waals surface area contributed by atoms with Crippen molar-refractivity contribution in [1.29, 1.82) is 0 Å². The summed E-state index contributed by atoms with van der Waals surface area (Å²) in [5.74, 6) is -0.431. The number of nitrogens with zero attached hydrogens (tertiary/aromatic N) is 4. The van der Waals surface area contributed by atoms with Crippen LogP contribution in [-0.4, -0.2) is 74.3 Å². The van der Waals surface area contributed by atoms with Crippen molar-refractivity contribution in [1.82, 2.24) is 14.1 Å². The Morgan fingerprint density at radius 1 is 1.08 bits per heavy atom. The molecule has 1 saturated heterocycles. The van der Waals surface area contributed by atoms with Crippen molar-refractivity contribution >= 4 is 15.7 Å². The van der Waals surface area contributed by atoms with Gasteiger partial charge in [0.15, 0.2) is 0 Å². The van der Waals surface area contributed by atoms with E-state index in [9.17, 15) is 17.6 Å². The van der Waals surface area contributed by atoms with E-state index in [0.29, 0.717) is 31.8 Å². The smallest absolute Gasteiger partial charge is 0.316 e. The van der Waals surface area contributed by atoms with Crippen molar-refractivity contribution in [2.24, 2.45) is 0 Å². The topological polar surface area (TPSA) is 94.0 Å². The van der Waals surface area contributed by atoms with Crippen LogP contribution in [0.3, 0.4) is 0 Å². The van der Waals surface area contributed by atoms with Crippen LogP contribution in [0.1, 0.15) is 12.5 Å². The number of rotatable bonds is 10. The van der Waals surface area contributed by atoms with Crippen LogP contribution in [0.2, 0.25) is 0 Å². The molecule has 1 aliphatic heterocycles. The normalized spacial score (nSPS) is 16.6. The van der Waals surface area contributed by atoms with Gasteiger partial charge in [0.05, 0.1) is 24.7 Å². The van der Waals surface area contributed by atoms with Crippen molar-refractivity contribution in [3.05, 3.63) is 82.5 Å². The largest absolute Gasteiger partial charge is 0.484 e. The molecule has 1 aromatic heterocycles. The molecule has 2 aromatic carbocycles. The van der Waals surface area contributed by atoms with Crippen LogP contribution >= 0.6 is 0 Å². The quantitative estimate of drug-likeness (QED) is 0.372. The number of ether oxygens (including phenoxy) is 2. The SMILES string of the molecule is CCOCCOc1c(N2CCN(S(C)(=O)=O)[C@@H](Cc3ccccc3)C2)cnn(-c2cccc(F)c2)c1=O. The highest BCUT2D eigenvalue weighted by molar-refractivity contribution is 7.88. The van der Waals surface area contributed by atoms with E-state index in [1.54, 1.807) is 6.07 Å². The van der Waals surface area contributed by atoms with Crippen LogP contribution in [0.25, 0.3) is 5.69 Å². The van der Waals surface area contributed by atoms with E-state index >= 15 is 0 Å². The summed E-state index contributed by atoms with van der Waals surface area (Å²) in [7, 11) is -3.44. The number of hydrogen-bond acceptors (Lipinski definition) is 7. The van der Waals surface area contributed by atoms with Gasteiger partial charge in [-0.2, -0.15) is 14.1 Å². The Morgan fingerprint density at radius 3 is 2.57 bits per heavy atom. The molecular weight excluding hydrogens is 499 g/mol. The third-order valence-corrected chi connectivity index (χ3v) is 7.49. The number of hydrogen-bond donors (Lipinski definition) is 0. The fourth-order valence-corrected chi connectivity index (χ4v) is 5.57. The van der Waals surface area contributed by atoms with Gasteiger partial charge < -0.3 is 14.4 Å². The van der Waals surface area contributed by atoms with E-state index in [1.165, 1.54) is 35.0 Å². The lowest BCUT2D eigenvalue weighted by molar-refractivity contribution is 0.109. The van der Waals surface area contributed by atoms with Crippen LogP contribution < -0.4 is 15.2 Å². The second kappa shape index (κ2) is 11.8. The molecule has 11 heteroatoms. The highest BCUT2D eigenvalue weighted by Gasteiger charge is 2.34. The summed E-state index contributed by atoms with van der Waals surface area (Å²) in [6.07, 6.45) is 3.24. The van der Waals surface area contributed by atoms with E-state index < -0.39 is 21.4 Å². The summed E-state index contributed by atoms with van der Waals surface area (Å²) in [6.45, 7) is 3.75. The highest BCUT2D eigenvalue weighted by Crippen LogP contribution is 2.28. The van der Waals surface area contributed by atoms with Crippen LogP contribution in [0, 0.1) is 5.82 Å². The zero-order chi connectivity index (χ0) is 26.4. The Hall–Kier alpha value is -3.28. The molecule has 0 amide bonds. The van der Waals surface area contributed by atoms with E-state index in [2.05, 4.69) is 5.10 Å². The summed E-state index contributed by atoms with van der Waals surface area (Å²) < 4.78 is 52.8. The molecule has 2 heterocycles. The molecule has 0 saturated carbocycles. The third kappa shape index (κ3) is 6.54. The number of anilines is 1. The van der Waals surface area contributed by atoms with Gasteiger partial charge in [0.1, 0.15) is 18.1 Å². The van der Waals surface area contributed by atoms with Crippen LogP contribution in [0.15, 0.2) is 65.6 Å². The average molecular weight is 531 g/mol. The van der Waals surface area contributed by atoms with Crippen molar-refractivity contribution in [3.63, 3.8) is 0 Å². The highest BCUT2D eigenvalue weighted by atomic mass is 32.2. The molecule has 0 N–H and O–H groups in total. The first-order chi connectivity index (χ1) is 17.8. The van der Waals surface area contributed by atoms with Crippen molar-refractivity contribution in [2.75, 3.05) is 50.6 Å². The first-order valence-electron chi connectivity index (χ1n) is 12.1. The number of aromatic nitrogens is 2. The fraction of sp³-hybridized carbons (Fsp3) is 0.385. The van der Waals surface area contributed by atoms with Crippen molar-refractivity contribution in [3.8, 4) is 11.4 Å². The van der Waals surface area contributed by atoms with E-state index in [-0.39, 0.29) is 37.2 Å². The van der Waals surface area contributed by atoms with Gasteiger partial charge in [-0.1, -0.05) is 36.4 Å². The first-order valence-corrected chi connectivity index (χ1v) is 14.0. The van der Waals surface area contributed by atoms with E-state index in [0.717, 1.165) is 10.2 Å². The number of halogens is 1. The minimum atomic E-state index is -3.44. The van der Waals surface area contributed by atoms with Crippen LogP contribution in [0.4, 0.5) is 10.1 Å². The molecule has 1 fully saturated rings. The van der Waals surface area contributed by atoms with Crippen LogP contribution in [-0.2, 0) is 21.2 Å². The molecule has 0 spiro atoms. The Balaban J connectivity index is 1.69. The second-order valence-corrected chi connectivity index (χ2v) is 10.7. The van der Waals surface area contributed by atoms with Gasteiger partial charge in [0.25, 0.3) is 0 Å². The van der Waals surface area contributed by atoms with Gasteiger partial charge in [0.2, 0.25) is 15.8 Å². The predicted molar refractivity (Wildman–Crippen MR) is 139 cm³/mol. The summed E-state index contributed by atoms with van der Waals surface area (Å²) in [6, 6.07) is 14.9. The lowest BCUT2D eigenvalue weighted by Crippen LogP contribution is -2.56. The van der Waals surface area contributed by atoms with Crippen molar-refractivity contribution in [2.45, 2.75) is 19.4 Å². The molecule has 9 nitrogen and oxygen atoms in total. The Labute approximate surface area is 216 Å². The maximum atomic E-state index is 13.8. The monoisotopic (exact) mass is 530 g/mol. The molecule has 37 heavy (non-hydrogen) atoms. The van der Waals surface area contributed by atoms with E-state index in [4.69, 9.17) is 9.47 Å². The molecular formula is C26H31FN4O5S. The molecule has 3 aromatic rings. The second-order valence-electron chi connectivity index (χ2n) is 8.76. The number of benzene rings is 2. The number of piperazine rings is 1. The molecule has 4 rings (SSSR count). The lowest BCUT2D eigenvalue weighted by Gasteiger charge is -2.41. The zero-order valence-electron chi connectivity index (χ0n) is 20.9. The van der Waals surface area contributed by atoms with Gasteiger partial charge >= 0.3 is 5.56 Å². The van der Waals surface area contributed by atoms with Crippen LogP contribution in [0.5, 0.6) is 5.75 Å². The molecule has 0 bridgehead atoms. The van der Waals surface area contributed by atoms with Gasteiger partial charge in [-0.25, -0.2) is 12.8 Å². The first kappa shape index (κ1) is 26.8. The molecule has 198 valence electrons. The average Bonchev–Trinajstić information content (AvgIpc) is 2.87. The minimum Gasteiger partial charge on any atom is -0.484 e. The number of sulfonamides is 1. The fourth-order valence-electron chi connectivity index (χ4n) is 4.48. The third-order valence-electron chi connectivity index (χ3n) is 6.16. The molecule has 1 atom stereocenters. The minimum absolute atomic E-state index is 0.0604. The standard InChI is InChI=1S/C26H31FN4O5S/c1-3-35-14-15-36-25-24(18-28-31(26(25)32)22-11-7-10-21(27)17-22)29-12-13-30(37(2,33)34)23(19-29)16-20-8-5-4-6-9-20/h4-11,17-18,23H,3,12-16,19H2,1-2H3/t23-/m0/s1. The summed E-state index contributed by atoms with van der Waals surface area (Å²) in [5, 5.41) is 4.30. The predicted octanol–water partition coefficient (Wildman–Crippen LogP) is 2.48. The Morgan fingerprint density at radius 2 is 1.86 bits per heavy atom. The van der Waals surface area contributed by atoms with Gasteiger partial charge in [-0.15, -0.1) is 0 Å². The maximum Gasteiger partial charge on any atom is 0.316 e. The van der Waals surface area contributed by atoms with Gasteiger partial charge in [0, 0.05) is 32.3 Å².